The Hall–Kier alpha value is -1.14. The first-order valence-electron chi connectivity index (χ1n) is 16.5. The first-order valence-corrected chi connectivity index (χ1v) is 16.5. The van der Waals surface area contributed by atoms with Gasteiger partial charge >= 0.3 is 5.97 Å². The summed E-state index contributed by atoms with van der Waals surface area (Å²) in [6, 6.07) is 0.951. The Morgan fingerprint density at radius 2 is 1.67 bits per heavy atom. The van der Waals surface area contributed by atoms with Crippen molar-refractivity contribution in [2.75, 3.05) is 41.4 Å². The number of esters is 1. The molecule has 0 aromatic carbocycles. The molecule has 0 aromatic heterocycles. The van der Waals surface area contributed by atoms with E-state index in [9.17, 15) is 14.7 Å². The van der Waals surface area contributed by atoms with Gasteiger partial charge in [0.25, 0.3) is 0 Å². The maximum absolute atomic E-state index is 14.2. The second-order valence-electron chi connectivity index (χ2n) is 15.2. The highest BCUT2D eigenvalue weighted by molar-refractivity contribution is 6.04. The first-order chi connectivity index (χ1) is 20.1. The van der Waals surface area contributed by atoms with Gasteiger partial charge < -0.3 is 34.3 Å². The first kappa shape index (κ1) is 34.7. The lowest BCUT2D eigenvalue weighted by Gasteiger charge is -2.47. The summed E-state index contributed by atoms with van der Waals surface area (Å²) >= 11 is 0. The monoisotopic (exact) mass is 609 g/mol. The number of ketones is 1. The zero-order valence-corrected chi connectivity index (χ0v) is 28.3. The molecule has 11 atom stereocenters. The second-order valence-corrected chi connectivity index (χ2v) is 15.2. The number of rotatable bonds is 5. The average Bonchev–Trinajstić information content (AvgIpc) is 3.28. The van der Waals surface area contributed by atoms with Crippen LogP contribution in [0.4, 0.5) is 0 Å². The van der Waals surface area contributed by atoms with Crippen LogP contribution < -0.4 is 5.32 Å². The fraction of sp³-hybridized carbons (Fsp3) is 0.939. The molecule has 0 aromatic rings. The molecule has 0 amide bonds. The third-order valence-corrected chi connectivity index (χ3v) is 11.0. The lowest BCUT2D eigenvalue weighted by Crippen LogP contribution is -2.59. The fourth-order valence-electron chi connectivity index (χ4n) is 8.48. The minimum absolute atomic E-state index is 0.0665. The molecule has 0 saturated carbocycles. The number of carbonyl (C=O) groups excluding carboxylic acids is 2. The van der Waals surface area contributed by atoms with Gasteiger partial charge in [-0.05, 0) is 99.2 Å². The highest BCUT2D eigenvalue weighted by Crippen LogP contribution is 2.39. The number of nitrogens with zero attached hydrogens (tertiary/aromatic N) is 2. The fourth-order valence-corrected chi connectivity index (χ4v) is 8.48. The van der Waals surface area contributed by atoms with Crippen molar-refractivity contribution < 1.29 is 33.6 Å². The number of Topliss-reactive ketones (excluding diaryl/α,β-unsaturated/α-hetero) is 1. The van der Waals surface area contributed by atoms with E-state index in [2.05, 4.69) is 24.2 Å². The Bertz CT molecular complexity index is 966. The van der Waals surface area contributed by atoms with Crippen LogP contribution in [-0.4, -0.2) is 122 Å². The predicted molar refractivity (Wildman–Crippen MR) is 165 cm³/mol. The van der Waals surface area contributed by atoms with Crippen LogP contribution in [0.5, 0.6) is 0 Å². The van der Waals surface area contributed by atoms with E-state index in [1.807, 2.05) is 32.8 Å². The topological polar surface area (TPSA) is 110 Å². The number of cyclic esters (lactones) is 1. The van der Waals surface area contributed by atoms with Crippen LogP contribution in [-0.2, 0) is 28.5 Å². The molecule has 10 heteroatoms. The number of aliphatic hydroxyl groups is 1. The standard InChI is InChI=1S/C33H59N3O7/c1-19-16-33(6,40-10)29(43-30-27(37)25(35(7)8)13-20(2)42-30)21(3)28(38)32(4,5)31(39)41-18-26(36(9)17-19)22-14-23-11-12-24(15-22)34-23/h19-27,29-30,34,37H,11-18H2,1-10H3/t19-,20-,21+,22?,23?,24?,25+,26+,27-,29-,30+,33-/m1/s1. The summed E-state index contributed by atoms with van der Waals surface area (Å²) in [7, 11) is 7.65. The van der Waals surface area contributed by atoms with E-state index >= 15 is 0 Å². The lowest BCUT2D eigenvalue weighted by molar-refractivity contribution is -0.295. The van der Waals surface area contributed by atoms with Crippen molar-refractivity contribution in [3.05, 3.63) is 0 Å². The Labute approximate surface area is 259 Å². The molecule has 4 rings (SSSR count). The number of nitrogens with one attached hydrogen (secondary N) is 1. The summed E-state index contributed by atoms with van der Waals surface area (Å²) in [5.74, 6) is -0.933. The number of methoxy groups -OCH3 is 1. The van der Waals surface area contributed by atoms with Gasteiger partial charge in [0.1, 0.15) is 18.1 Å². The quantitative estimate of drug-likeness (QED) is 0.357. The summed E-state index contributed by atoms with van der Waals surface area (Å²) in [5, 5.41) is 15.0. The third-order valence-electron chi connectivity index (χ3n) is 11.0. The van der Waals surface area contributed by atoms with Crippen molar-refractivity contribution in [2.24, 2.45) is 23.2 Å². The SMILES string of the molecule is CO[C@]1(C)C[C@@H](C)CN(C)[C@H](C2CC3CCC(C2)N3)COC(=O)C(C)(C)C(=O)[C@H](C)[C@H]1O[C@@H]1O[C@H](C)C[C@H](N(C)C)[C@H]1O. The number of hydrogen-bond donors (Lipinski definition) is 2. The molecule has 248 valence electrons. The predicted octanol–water partition coefficient (Wildman–Crippen LogP) is 2.85. The van der Waals surface area contributed by atoms with Gasteiger partial charge in [-0.25, -0.2) is 0 Å². The zero-order valence-electron chi connectivity index (χ0n) is 28.3. The summed E-state index contributed by atoms with van der Waals surface area (Å²) < 4.78 is 25.1. The van der Waals surface area contributed by atoms with Gasteiger partial charge in [0.05, 0.1) is 17.8 Å². The van der Waals surface area contributed by atoms with Crippen LogP contribution in [0.2, 0.25) is 0 Å². The number of ether oxygens (including phenoxy) is 4. The van der Waals surface area contributed by atoms with E-state index in [-0.39, 0.29) is 36.5 Å². The van der Waals surface area contributed by atoms with E-state index in [1.54, 1.807) is 27.9 Å². The molecule has 4 fully saturated rings. The number of likely N-dealkylation sites (N-methyl/N-ethyl adjacent to an activating group) is 2. The average molecular weight is 610 g/mol. The normalized spacial score (nSPS) is 45.3. The van der Waals surface area contributed by atoms with E-state index in [4.69, 9.17) is 18.9 Å². The van der Waals surface area contributed by atoms with Crippen molar-refractivity contribution in [3.63, 3.8) is 0 Å². The van der Waals surface area contributed by atoms with E-state index in [1.165, 1.54) is 12.8 Å². The van der Waals surface area contributed by atoms with Crippen LogP contribution >= 0.6 is 0 Å². The number of carbonyl (C=O) groups is 2. The molecule has 2 bridgehead atoms. The van der Waals surface area contributed by atoms with Crippen LogP contribution in [0.1, 0.15) is 80.1 Å². The molecule has 4 saturated heterocycles. The molecule has 0 radical (unpaired) electrons. The van der Waals surface area contributed by atoms with Crippen molar-refractivity contribution in [1.82, 2.24) is 15.1 Å². The van der Waals surface area contributed by atoms with Crippen LogP contribution in [0.15, 0.2) is 0 Å². The molecule has 43 heavy (non-hydrogen) atoms. The molecule has 2 N–H and O–H groups in total. The Kier molecular flexibility index (Phi) is 11.1. The van der Waals surface area contributed by atoms with Gasteiger partial charge in [-0.3, -0.25) is 14.5 Å². The zero-order chi connectivity index (χ0) is 31.9. The Balaban J connectivity index is 1.66. The molecular formula is C33H59N3O7. The molecule has 2 unspecified atom stereocenters. The Morgan fingerprint density at radius 1 is 1.05 bits per heavy atom. The van der Waals surface area contributed by atoms with E-state index in [0.717, 1.165) is 19.4 Å². The molecule has 4 aliphatic heterocycles. The number of aliphatic hydroxyl groups excluding tert-OH is 1. The maximum Gasteiger partial charge on any atom is 0.319 e. The Morgan fingerprint density at radius 3 is 2.26 bits per heavy atom. The second kappa shape index (κ2) is 13.7. The van der Waals surface area contributed by atoms with Crippen LogP contribution in [0.3, 0.4) is 0 Å². The summed E-state index contributed by atoms with van der Waals surface area (Å²) in [6.45, 7) is 12.3. The largest absolute Gasteiger partial charge is 0.463 e. The van der Waals surface area contributed by atoms with Gasteiger partial charge in [0, 0.05) is 43.7 Å². The summed E-state index contributed by atoms with van der Waals surface area (Å²) in [6.07, 6.45) is 3.03. The summed E-state index contributed by atoms with van der Waals surface area (Å²) in [5.41, 5.74) is -2.29. The smallest absolute Gasteiger partial charge is 0.319 e. The van der Waals surface area contributed by atoms with Crippen molar-refractivity contribution in [1.29, 1.82) is 0 Å². The molecular weight excluding hydrogens is 550 g/mol. The highest BCUT2D eigenvalue weighted by Gasteiger charge is 2.52. The highest BCUT2D eigenvalue weighted by atomic mass is 16.7. The van der Waals surface area contributed by atoms with Gasteiger partial charge in [-0.15, -0.1) is 0 Å². The molecule has 4 heterocycles. The van der Waals surface area contributed by atoms with Crippen LogP contribution in [0.25, 0.3) is 0 Å². The molecule has 4 aliphatic rings. The number of hydrogen-bond acceptors (Lipinski definition) is 10. The van der Waals surface area contributed by atoms with E-state index < -0.39 is 41.4 Å². The minimum Gasteiger partial charge on any atom is -0.463 e. The maximum atomic E-state index is 14.2. The van der Waals surface area contributed by atoms with Crippen molar-refractivity contribution in [3.8, 4) is 0 Å². The third kappa shape index (κ3) is 7.47. The van der Waals surface area contributed by atoms with Gasteiger partial charge in [-0.1, -0.05) is 13.8 Å². The molecule has 0 aliphatic carbocycles. The summed E-state index contributed by atoms with van der Waals surface area (Å²) in [4.78, 5) is 32.2. The van der Waals surface area contributed by atoms with Gasteiger partial charge in [-0.2, -0.15) is 0 Å². The number of piperidine rings is 1. The van der Waals surface area contributed by atoms with Gasteiger partial charge in [0.2, 0.25) is 0 Å². The molecule has 0 spiro atoms. The lowest BCUT2D eigenvalue weighted by atomic mass is 9.74. The van der Waals surface area contributed by atoms with Crippen molar-refractivity contribution in [2.45, 2.75) is 134 Å². The van der Waals surface area contributed by atoms with Gasteiger partial charge in [0.15, 0.2) is 12.1 Å². The number of fused-ring (bicyclic) bond motifs is 2. The van der Waals surface area contributed by atoms with Crippen molar-refractivity contribution >= 4 is 11.8 Å². The van der Waals surface area contributed by atoms with E-state index in [0.29, 0.717) is 30.8 Å². The molecule has 10 nitrogen and oxygen atoms in total. The van der Waals surface area contributed by atoms with Crippen LogP contribution in [0, 0.1) is 23.2 Å². The minimum atomic E-state index is -1.39.